The summed E-state index contributed by atoms with van der Waals surface area (Å²) < 4.78 is 41.0. The van der Waals surface area contributed by atoms with Gasteiger partial charge in [-0.05, 0) is 32.4 Å². The number of amides is 2. The lowest BCUT2D eigenvalue weighted by Crippen LogP contribution is -2.39. The Hall–Kier alpha value is -2.46. The molecule has 1 aliphatic rings. The molecule has 2 aromatic rings. The van der Waals surface area contributed by atoms with Gasteiger partial charge in [-0.1, -0.05) is 12.1 Å². The second kappa shape index (κ2) is 7.65. The normalized spacial score (nSPS) is 16.2. The third-order valence-electron chi connectivity index (χ3n) is 4.52. The number of aryl methyl sites for hydroxylation is 2. The van der Waals surface area contributed by atoms with Crippen LogP contribution in [0.25, 0.3) is 0 Å². The highest BCUT2D eigenvalue weighted by atomic mass is 32.2. The predicted molar refractivity (Wildman–Crippen MR) is 98.4 cm³/mol. The quantitative estimate of drug-likeness (QED) is 0.831. The lowest BCUT2D eigenvalue weighted by molar-refractivity contribution is 0.214. The number of hydrogen-bond donors (Lipinski definition) is 2. The van der Waals surface area contributed by atoms with E-state index in [2.05, 4.69) is 15.5 Å². The fourth-order valence-electron chi connectivity index (χ4n) is 3.14. The first-order valence-electron chi connectivity index (χ1n) is 8.63. The van der Waals surface area contributed by atoms with E-state index in [1.54, 1.807) is 26.0 Å². The van der Waals surface area contributed by atoms with E-state index in [1.807, 2.05) is 0 Å². The highest BCUT2D eigenvalue weighted by Gasteiger charge is 2.31. The fraction of sp³-hybridized carbons (Fsp3) is 0.412. The molecule has 0 unspecified atom stereocenters. The van der Waals surface area contributed by atoms with Crippen LogP contribution in [0, 0.1) is 19.7 Å². The smallest absolute Gasteiger partial charge is 0.321 e. The summed E-state index contributed by atoms with van der Waals surface area (Å²) in [7, 11) is -3.70. The zero-order valence-electron chi connectivity index (χ0n) is 15.2. The number of benzene rings is 1. The van der Waals surface area contributed by atoms with Gasteiger partial charge in [0.05, 0.1) is 17.1 Å². The summed E-state index contributed by atoms with van der Waals surface area (Å²) >= 11 is 0. The van der Waals surface area contributed by atoms with Gasteiger partial charge in [-0.15, -0.1) is 0 Å². The molecule has 1 saturated heterocycles. The number of hydrogen-bond acceptors (Lipinski definition) is 4. The van der Waals surface area contributed by atoms with Gasteiger partial charge in [0.2, 0.25) is 10.0 Å². The molecule has 0 aliphatic carbocycles. The number of carbonyl (C=O) groups excluding carboxylic acids is 1. The molecule has 0 atom stereocenters. The van der Waals surface area contributed by atoms with E-state index in [9.17, 15) is 17.6 Å². The van der Waals surface area contributed by atoms with Crippen LogP contribution in [-0.4, -0.2) is 60.0 Å². The summed E-state index contributed by atoms with van der Waals surface area (Å²) in [6.07, 6.45) is 0.486. The van der Waals surface area contributed by atoms with Gasteiger partial charge in [-0.3, -0.25) is 5.10 Å². The van der Waals surface area contributed by atoms with Crippen molar-refractivity contribution in [2.24, 2.45) is 0 Å². The van der Waals surface area contributed by atoms with Crippen LogP contribution in [-0.2, 0) is 10.0 Å². The standard InChI is InChI=1S/C17H22FN5O3S/c1-12-16(13(2)21-20-12)27(25,26)23-9-5-8-22(10-11-23)17(24)19-15-7-4-3-6-14(15)18/h3-4,6-7H,5,8-11H2,1-2H3,(H,19,24)(H,20,21). The van der Waals surface area contributed by atoms with E-state index in [0.29, 0.717) is 30.9 Å². The average molecular weight is 395 g/mol. The Morgan fingerprint density at radius 1 is 1.19 bits per heavy atom. The monoisotopic (exact) mass is 395 g/mol. The first-order chi connectivity index (χ1) is 12.8. The number of urea groups is 1. The van der Waals surface area contributed by atoms with Gasteiger partial charge < -0.3 is 10.2 Å². The Balaban J connectivity index is 1.70. The Morgan fingerprint density at radius 3 is 2.59 bits per heavy atom. The molecule has 1 aromatic carbocycles. The molecule has 3 rings (SSSR count). The molecule has 27 heavy (non-hydrogen) atoms. The van der Waals surface area contributed by atoms with Crippen LogP contribution >= 0.6 is 0 Å². The maximum absolute atomic E-state index is 13.7. The molecular formula is C17H22FN5O3S. The second-order valence-electron chi connectivity index (χ2n) is 6.42. The van der Waals surface area contributed by atoms with Gasteiger partial charge >= 0.3 is 6.03 Å². The van der Waals surface area contributed by atoms with Gasteiger partial charge in [0.15, 0.2) is 0 Å². The van der Waals surface area contributed by atoms with Crippen molar-refractivity contribution in [2.75, 3.05) is 31.5 Å². The van der Waals surface area contributed by atoms with Crippen LogP contribution < -0.4 is 5.32 Å². The van der Waals surface area contributed by atoms with Crippen molar-refractivity contribution in [3.05, 3.63) is 41.5 Å². The number of aromatic amines is 1. The summed E-state index contributed by atoms with van der Waals surface area (Å²) in [5, 5.41) is 9.19. The van der Waals surface area contributed by atoms with Gasteiger partial charge in [-0.2, -0.15) is 9.40 Å². The highest BCUT2D eigenvalue weighted by Crippen LogP contribution is 2.23. The minimum absolute atomic E-state index is 0.0980. The van der Waals surface area contributed by atoms with E-state index in [0.717, 1.165) is 0 Å². The van der Waals surface area contributed by atoms with E-state index < -0.39 is 21.9 Å². The van der Waals surface area contributed by atoms with Gasteiger partial charge in [-0.25, -0.2) is 17.6 Å². The molecule has 0 radical (unpaired) electrons. The zero-order valence-corrected chi connectivity index (χ0v) is 16.0. The van der Waals surface area contributed by atoms with E-state index in [4.69, 9.17) is 0 Å². The SMILES string of the molecule is Cc1n[nH]c(C)c1S(=O)(=O)N1CCCN(C(=O)Nc2ccccc2F)CC1. The molecule has 0 saturated carbocycles. The first kappa shape index (κ1) is 19.3. The molecule has 1 aromatic heterocycles. The summed E-state index contributed by atoms with van der Waals surface area (Å²) in [5.41, 5.74) is 1.01. The number of carbonyl (C=O) groups is 1. The van der Waals surface area contributed by atoms with E-state index >= 15 is 0 Å². The zero-order chi connectivity index (χ0) is 19.6. The van der Waals surface area contributed by atoms with Crippen molar-refractivity contribution >= 4 is 21.7 Å². The van der Waals surface area contributed by atoms with Crippen molar-refractivity contribution in [1.82, 2.24) is 19.4 Å². The van der Waals surface area contributed by atoms with Crippen molar-refractivity contribution in [1.29, 1.82) is 0 Å². The predicted octanol–water partition coefficient (Wildman–Crippen LogP) is 2.09. The minimum atomic E-state index is -3.70. The van der Waals surface area contributed by atoms with Crippen LogP contribution in [0.4, 0.5) is 14.9 Å². The van der Waals surface area contributed by atoms with Gasteiger partial charge in [0, 0.05) is 26.2 Å². The number of sulfonamides is 1. The molecule has 2 N–H and O–H groups in total. The highest BCUT2D eigenvalue weighted by molar-refractivity contribution is 7.89. The molecule has 0 bridgehead atoms. The van der Waals surface area contributed by atoms with Gasteiger partial charge in [0.1, 0.15) is 10.7 Å². The first-order valence-corrected chi connectivity index (χ1v) is 10.1. The minimum Gasteiger partial charge on any atom is -0.323 e. The third-order valence-corrected chi connectivity index (χ3v) is 6.68. The van der Waals surface area contributed by atoms with Crippen molar-refractivity contribution in [3.8, 4) is 0 Å². The number of nitrogens with zero attached hydrogens (tertiary/aromatic N) is 3. The second-order valence-corrected chi connectivity index (χ2v) is 8.29. The largest absolute Gasteiger partial charge is 0.323 e. The van der Waals surface area contributed by atoms with E-state index in [-0.39, 0.29) is 23.7 Å². The lowest BCUT2D eigenvalue weighted by atomic mass is 10.3. The molecule has 1 aliphatic heterocycles. The summed E-state index contributed by atoms with van der Waals surface area (Å²) in [6, 6.07) is 5.47. The van der Waals surface area contributed by atoms with Crippen LogP contribution in [0.1, 0.15) is 17.8 Å². The van der Waals surface area contributed by atoms with Crippen molar-refractivity contribution < 1.29 is 17.6 Å². The van der Waals surface area contributed by atoms with Crippen LogP contribution in [0.5, 0.6) is 0 Å². The number of nitrogens with one attached hydrogen (secondary N) is 2. The molecule has 2 amide bonds. The van der Waals surface area contributed by atoms with Crippen molar-refractivity contribution in [3.63, 3.8) is 0 Å². The molecule has 8 nitrogen and oxygen atoms in total. The van der Waals surface area contributed by atoms with Gasteiger partial charge in [0.25, 0.3) is 0 Å². The number of H-pyrrole nitrogens is 1. The molecule has 2 heterocycles. The Kier molecular flexibility index (Phi) is 5.47. The number of anilines is 1. The number of aromatic nitrogens is 2. The number of para-hydroxylation sites is 1. The van der Waals surface area contributed by atoms with Crippen LogP contribution in [0.15, 0.2) is 29.2 Å². The molecule has 0 spiro atoms. The van der Waals surface area contributed by atoms with Crippen molar-refractivity contribution in [2.45, 2.75) is 25.2 Å². The topological polar surface area (TPSA) is 98.4 Å². The number of halogens is 1. The lowest BCUT2D eigenvalue weighted by Gasteiger charge is -2.22. The summed E-state index contributed by atoms with van der Waals surface area (Å²) in [4.78, 5) is 14.1. The maximum Gasteiger partial charge on any atom is 0.321 e. The van der Waals surface area contributed by atoms with E-state index in [1.165, 1.54) is 21.3 Å². The van der Waals surface area contributed by atoms with Crippen LogP contribution in [0.3, 0.4) is 0 Å². The fourth-order valence-corrected chi connectivity index (χ4v) is 4.95. The molecular weight excluding hydrogens is 373 g/mol. The third kappa shape index (κ3) is 3.96. The maximum atomic E-state index is 13.7. The Morgan fingerprint density at radius 2 is 1.93 bits per heavy atom. The summed E-state index contributed by atoms with van der Waals surface area (Å²) in [6.45, 7) is 4.37. The summed E-state index contributed by atoms with van der Waals surface area (Å²) in [5.74, 6) is -0.518. The molecule has 146 valence electrons. The number of rotatable bonds is 3. The molecule has 1 fully saturated rings. The Labute approximate surface area is 157 Å². The average Bonchev–Trinajstić information content (AvgIpc) is 2.83. The van der Waals surface area contributed by atoms with Crippen LogP contribution in [0.2, 0.25) is 0 Å². The Bertz CT molecular complexity index is 924. The molecule has 10 heteroatoms.